The van der Waals surface area contributed by atoms with Gasteiger partial charge in [0.2, 0.25) is 5.95 Å². The minimum absolute atomic E-state index is 0.0359. The number of carbonyl (C=O) groups is 1. The molecule has 6 heteroatoms. The molecule has 122 valence electrons. The molecule has 23 heavy (non-hydrogen) atoms. The lowest BCUT2D eigenvalue weighted by atomic mass is 10.1. The van der Waals surface area contributed by atoms with Gasteiger partial charge in [0.1, 0.15) is 5.75 Å². The van der Waals surface area contributed by atoms with Crippen LogP contribution in [-0.2, 0) is 4.74 Å². The van der Waals surface area contributed by atoms with Crippen molar-refractivity contribution < 1.29 is 14.3 Å². The third kappa shape index (κ3) is 4.67. The summed E-state index contributed by atoms with van der Waals surface area (Å²) in [6.45, 7) is 4.83. The molecule has 0 radical (unpaired) electrons. The van der Waals surface area contributed by atoms with Gasteiger partial charge in [-0.3, -0.25) is 0 Å². The van der Waals surface area contributed by atoms with Crippen molar-refractivity contribution in [3.8, 4) is 17.0 Å². The first kappa shape index (κ1) is 16.7. The van der Waals surface area contributed by atoms with Crippen LogP contribution < -0.4 is 10.5 Å². The zero-order chi connectivity index (χ0) is 16.7. The molecule has 0 fully saturated rings. The number of nitrogen functional groups attached to an aromatic ring is 1. The molecule has 0 amide bonds. The fourth-order valence-electron chi connectivity index (χ4n) is 1.98. The summed E-state index contributed by atoms with van der Waals surface area (Å²) in [5.74, 6) is 0.325. The summed E-state index contributed by atoms with van der Waals surface area (Å²) in [7, 11) is 0. The average molecular weight is 315 g/mol. The van der Waals surface area contributed by atoms with Crippen molar-refractivity contribution in [3.63, 3.8) is 0 Å². The maximum Gasteiger partial charge on any atom is 0.357 e. The molecule has 1 aromatic heterocycles. The van der Waals surface area contributed by atoms with Gasteiger partial charge in [0, 0.05) is 5.56 Å². The van der Waals surface area contributed by atoms with Crippen LogP contribution in [0.1, 0.15) is 37.2 Å². The summed E-state index contributed by atoms with van der Waals surface area (Å²) in [6, 6.07) is 9.05. The highest BCUT2D eigenvalue weighted by Crippen LogP contribution is 2.22. The second-order valence-corrected chi connectivity index (χ2v) is 4.94. The van der Waals surface area contributed by atoms with Gasteiger partial charge in [-0.15, -0.1) is 0 Å². The highest BCUT2D eigenvalue weighted by molar-refractivity contribution is 5.88. The molecule has 0 aliphatic carbocycles. The molecule has 0 bridgehead atoms. The zero-order valence-electron chi connectivity index (χ0n) is 13.4. The van der Waals surface area contributed by atoms with Crippen LogP contribution in [0.15, 0.2) is 30.3 Å². The van der Waals surface area contributed by atoms with Crippen molar-refractivity contribution in [2.75, 3.05) is 18.9 Å². The van der Waals surface area contributed by atoms with Gasteiger partial charge in [0.15, 0.2) is 5.69 Å². The van der Waals surface area contributed by atoms with E-state index in [9.17, 15) is 4.79 Å². The van der Waals surface area contributed by atoms with Gasteiger partial charge < -0.3 is 15.2 Å². The predicted octanol–water partition coefficient (Wildman–Crippen LogP) is 3.08. The normalized spacial score (nSPS) is 10.3. The molecule has 0 unspecified atom stereocenters. The number of esters is 1. The third-order valence-corrected chi connectivity index (χ3v) is 3.14. The van der Waals surface area contributed by atoms with Crippen molar-refractivity contribution in [1.29, 1.82) is 0 Å². The Balaban J connectivity index is 2.19. The van der Waals surface area contributed by atoms with Crippen LogP contribution in [-0.4, -0.2) is 29.2 Å². The van der Waals surface area contributed by atoms with Gasteiger partial charge >= 0.3 is 5.97 Å². The van der Waals surface area contributed by atoms with Gasteiger partial charge in [-0.1, -0.05) is 13.3 Å². The van der Waals surface area contributed by atoms with E-state index in [1.165, 1.54) is 0 Å². The van der Waals surface area contributed by atoms with E-state index in [-0.39, 0.29) is 18.2 Å². The molecule has 2 rings (SSSR count). The predicted molar refractivity (Wildman–Crippen MR) is 88.2 cm³/mol. The van der Waals surface area contributed by atoms with Crippen LogP contribution in [0.4, 0.5) is 5.95 Å². The molecule has 1 heterocycles. The molecule has 0 aliphatic rings. The van der Waals surface area contributed by atoms with Gasteiger partial charge in [-0.05, 0) is 43.7 Å². The standard InChI is InChI=1S/C17H21N3O3/c1-3-5-10-23-13-8-6-12(7-9-13)14-11-15(16(21)22-4-2)20-17(18)19-14/h6-9,11H,3-5,10H2,1-2H3,(H2,18,19,20). The number of carbonyl (C=O) groups excluding carboxylic acids is 1. The lowest BCUT2D eigenvalue weighted by Crippen LogP contribution is -2.10. The minimum atomic E-state index is -0.512. The van der Waals surface area contributed by atoms with Gasteiger partial charge in [0.05, 0.1) is 18.9 Å². The lowest BCUT2D eigenvalue weighted by Gasteiger charge is -2.08. The number of aromatic nitrogens is 2. The van der Waals surface area contributed by atoms with Crippen LogP contribution in [0.25, 0.3) is 11.3 Å². The molecule has 0 spiro atoms. The van der Waals surface area contributed by atoms with Crippen molar-refractivity contribution >= 4 is 11.9 Å². The first-order valence-corrected chi connectivity index (χ1v) is 7.69. The summed E-state index contributed by atoms with van der Waals surface area (Å²) >= 11 is 0. The molecule has 0 saturated heterocycles. The SMILES string of the molecule is CCCCOc1ccc(-c2cc(C(=O)OCC)nc(N)n2)cc1. The molecule has 6 nitrogen and oxygen atoms in total. The fraction of sp³-hybridized carbons (Fsp3) is 0.353. The van der Waals surface area contributed by atoms with E-state index in [4.69, 9.17) is 15.2 Å². The largest absolute Gasteiger partial charge is 0.494 e. The van der Waals surface area contributed by atoms with Crippen LogP contribution >= 0.6 is 0 Å². The Morgan fingerprint density at radius 3 is 2.57 bits per heavy atom. The summed E-state index contributed by atoms with van der Waals surface area (Å²) in [5, 5.41) is 0. The van der Waals surface area contributed by atoms with Crippen LogP contribution in [0, 0.1) is 0 Å². The maximum absolute atomic E-state index is 11.8. The molecular formula is C17H21N3O3. The number of anilines is 1. The Labute approximate surface area is 135 Å². The molecule has 2 aromatic rings. The third-order valence-electron chi connectivity index (χ3n) is 3.14. The van der Waals surface area contributed by atoms with Crippen molar-refractivity contribution in [2.24, 2.45) is 0 Å². The number of rotatable bonds is 7. The summed E-state index contributed by atoms with van der Waals surface area (Å²) in [5.41, 5.74) is 7.23. The number of nitrogens with zero attached hydrogens (tertiary/aromatic N) is 2. The smallest absolute Gasteiger partial charge is 0.357 e. The van der Waals surface area contributed by atoms with Crippen molar-refractivity contribution in [3.05, 3.63) is 36.0 Å². The summed E-state index contributed by atoms with van der Waals surface area (Å²) in [6.07, 6.45) is 2.11. The Hall–Kier alpha value is -2.63. The minimum Gasteiger partial charge on any atom is -0.494 e. The molecule has 0 aliphatic heterocycles. The number of nitrogens with two attached hydrogens (primary N) is 1. The number of ether oxygens (including phenoxy) is 2. The van der Waals surface area contributed by atoms with E-state index in [1.807, 2.05) is 24.3 Å². The Morgan fingerprint density at radius 2 is 1.91 bits per heavy atom. The summed E-state index contributed by atoms with van der Waals surface area (Å²) in [4.78, 5) is 19.9. The zero-order valence-corrected chi connectivity index (χ0v) is 13.4. The Morgan fingerprint density at radius 1 is 1.17 bits per heavy atom. The lowest BCUT2D eigenvalue weighted by molar-refractivity contribution is 0.0519. The van der Waals surface area contributed by atoms with E-state index < -0.39 is 5.97 Å². The number of benzene rings is 1. The van der Waals surface area contributed by atoms with E-state index >= 15 is 0 Å². The van der Waals surface area contributed by atoms with Gasteiger partial charge in [-0.2, -0.15) is 0 Å². The van der Waals surface area contributed by atoms with E-state index in [1.54, 1.807) is 13.0 Å². The molecule has 0 atom stereocenters. The molecular weight excluding hydrogens is 294 g/mol. The van der Waals surface area contributed by atoms with E-state index in [2.05, 4.69) is 16.9 Å². The first-order valence-electron chi connectivity index (χ1n) is 7.69. The van der Waals surface area contributed by atoms with Crippen LogP contribution in [0.2, 0.25) is 0 Å². The topological polar surface area (TPSA) is 87.3 Å². The fourth-order valence-corrected chi connectivity index (χ4v) is 1.98. The monoisotopic (exact) mass is 315 g/mol. The van der Waals surface area contributed by atoms with Gasteiger partial charge in [-0.25, -0.2) is 14.8 Å². The quantitative estimate of drug-likeness (QED) is 0.624. The number of hydrogen-bond donors (Lipinski definition) is 1. The highest BCUT2D eigenvalue weighted by atomic mass is 16.5. The van der Waals surface area contributed by atoms with E-state index in [0.717, 1.165) is 24.2 Å². The molecule has 0 saturated carbocycles. The Kier molecular flexibility index (Phi) is 5.91. The number of hydrogen-bond acceptors (Lipinski definition) is 6. The summed E-state index contributed by atoms with van der Waals surface area (Å²) < 4.78 is 10.6. The van der Waals surface area contributed by atoms with Crippen molar-refractivity contribution in [2.45, 2.75) is 26.7 Å². The maximum atomic E-state index is 11.8. The second kappa shape index (κ2) is 8.12. The van der Waals surface area contributed by atoms with Crippen LogP contribution in [0.3, 0.4) is 0 Å². The van der Waals surface area contributed by atoms with E-state index in [0.29, 0.717) is 12.3 Å². The first-order chi connectivity index (χ1) is 11.1. The Bertz CT molecular complexity index is 657. The average Bonchev–Trinajstić information content (AvgIpc) is 2.55. The van der Waals surface area contributed by atoms with Crippen LogP contribution in [0.5, 0.6) is 5.75 Å². The van der Waals surface area contributed by atoms with Crippen molar-refractivity contribution in [1.82, 2.24) is 9.97 Å². The highest BCUT2D eigenvalue weighted by Gasteiger charge is 2.12. The molecule has 1 aromatic carbocycles. The molecule has 2 N–H and O–H groups in total. The second-order valence-electron chi connectivity index (χ2n) is 4.94. The number of unbranched alkanes of at least 4 members (excludes halogenated alkanes) is 1. The van der Waals surface area contributed by atoms with Gasteiger partial charge in [0.25, 0.3) is 0 Å².